The van der Waals surface area contributed by atoms with Crippen molar-refractivity contribution in [3.05, 3.63) is 41.8 Å². The number of benzene rings is 1. The fourth-order valence-electron chi connectivity index (χ4n) is 1.41. The van der Waals surface area contributed by atoms with Gasteiger partial charge in [-0.3, -0.25) is 0 Å². The molecule has 1 aromatic heterocycles. The zero-order chi connectivity index (χ0) is 10.1. The Kier molecular flexibility index (Phi) is 2.00. The number of aromatic amines is 1. The van der Waals surface area contributed by atoms with Gasteiger partial charge in [0.2, 0.25) is 0 Å². The highest BCUT2D eigenvalue weighted by atomic mass is 19.1. The van der Waals surface area contributed by atoms with E-state index in [0.717, 1.165) is 11.4 Å². The second-order valence-corrected chi connectivity index (χ2v) is 3.29. The summed E-state index contributed by atoms with van der Waals surface area (Å²) in [7, 11) is 0. The summed E-state index contributed by atoms with van der Waals surface area (Å²) in [5.74, 6) is -0.299. The molecule has 0 aliphatic rings. The second-order valence-electron chi connectivity index (χ2n) is 3.29. The van der Waals surface area contributed by atoms with Crippen molar-refractivity contribution >= 4 is 5.69 Å². The Hall–Kier alpha value is -1.77. The number of aromatic nitrogens is 1. The lowest BCUT2D eigenvalue weighted by atomic mass is 10.1. The molecule has 72 valence electrons. The van der Waals surface area contributed by atoms with Crippen LogP contribution >= 0.6 is 0 Å². The zero-order valence-corrected chi connectivity index (χ0v) is 7.84. The Morgan fingerprint density at radius 1 is 1.21 bits per heavy atom. The molecule has 14 heavy (non-hydrogen) atoms. The molecule has 0 spiro atoms. The number of rotatable bonds is 1. The van der Waals surface area contributed by atoms with E-state index in [1.165, 1.54) is 6.07 Å². The van der Waals surface area contributed by atoms with Crippen LogP contribution in [0.15, 0.2) is 30.3 Å². The van der Waals surface area contributed by atoms with Gasteiger partial charge in [0, 0.05) is 22.6 Å². The molecule has 0 bridgehead atoms. The molecule has 0 unspecified atom stereocenters. The van der Waals surface area contributed by atoms with E-state index in [0.29, 0.717) is 11.3 Å². The normalized spacial score (nSPS) is 10.4. The summed E-state index contributed by atoms with van der Waals surface area (Å²) in [6.07, 6.45) is 0. The van der Waals surface area contributed by atoms with Gasteiger partial charge in [-0.2, -0.15) is 0 Å². The number of nitrogens with one attached hydrogen (secondary N) is 1. The van der Waals surface area contributed by atoms with Gasteiger partial charge in [-0.15, -0.1) is 0 Å². The number of halogens is 1. The van der Waals surface area contributed by atoms with Gasteiger partial charge in [-0.25, -0.2) is 4.39 Å². The van der Waals surface area contributed by atoms with Gasteiger partial charge < -0.3 is 10.7 Å². The van der Waals surface area contributed by atoms with Crippen molar-refractivity contribution in [3.8, 4) is 11.3 Å². The third-order valence-electron chi connectivity index (χ3n) is 2.12. The van der Waals surface area contributed by atoms with Crippen molar-refractivity contribution in [3.63, 3.8) is 0 Å². The zero-order valence-electron chi connectivity index (χ0n) is 7.84. The summed E-state index contributed by atoms with van der Waals surface area (Å²) in [5, 5.41) is 0. The summed E-state index contributed by atoms with van der Waals surface area (Å²) in [5.41, 5.74) is 8.24. The van der Waals surface area contributed by atoms with Gasteiger partial charge in [0.25, 0.3) is 0 Å². The number of hydrogen-bond acceptors (Lipinski definition) is 1. The van der Waals surface area contributed by atoms with Gasteiger partial charge in [0.1, 0.15) is 5.82 Å². The quantitative estimate of drug-likeness (QED) is 0.667. The molecule has 0 saturated carbocycles. The minimum absolute atomic E-state index is 0.299. The van der Waals surface area contributed by atoms with E-state index in [-0.39, 0.29) is 5.82 Å². The van der Waals surface area contributed by atoms with Gasteiger partial charge in [0.15, 0.2) is 0 Å². The molecular formula is C11H11FN2. The molecule has 0 atom stereocenters. The van der Waals surface area contributed by atoms with Crippen molar-refractivity contribution in [2.24, 2.45) is 0 Å². The van der Waals surface area contributed by atoms with Crippen LogP contribution in [0.5, 0.6) is 0 Å². The summed E-state index contributed by atoms with van der Waals surface area (Å²) >= 11 is 0. The molecule has 0 amide bonds. The minimum atomic E-state index is -0.299. The molecule has 0 aliphatic carbocycles. The predicted octanol–water partition coefficient (Wildman–Crippen LogP) is 2.71. The van der Waals surface area contributed by atoms with Gasteiger partial charge in [-0.1, -0.05) is 0 Å². The Morgan fingerprint density at radius 3 is 2.57 bits per heavy atom. The Morgan fingerprint density at radius 2 is 2.00 bits per heavy atom. The summed E-state index contributed by atoms with van der Waals surface area (Å²) in [6, 6.07) is 8.45. The average molecular weight is 190 g/mol. The van der Waals surface area contributed by atoms with E-state index in [2.05, 4.69) is 4.98 Å². The minimum Gasteiger partial charge on any atom is -0.399 e. The van der Waals surface area contributed by atoms with Gasteiger partial charge in [0.05, 0.1) is 0 Å². The maximum Gasteiger partial charge on any atom is 0.134 e. The van der Waals surface area contributed by atoms with Crippen LogP contribution in [-0.4, -0.2) is 4.98 Å². The maximum absolute atomic E-state index is 13.4. The summed E-state index contributed by atoms with van der Waals surface area (Å²) in [6.45, 7) is 1.93. The Balaban J connectivity index is 2.52. The number of nitrogen functional groups attached to an aromatic ring is 1. The Labute approximate surface area is 81.6 Å². The van der Waals surface area contributed by atoms with E-state index in [1.807, 2.05) is 19.1 Å². The Bertz CT molecular complexity index is 460. The SMILES string of the molecule is Cc1ccc(-c2ccc(N)cc2F)[nH]1. The molecule has 2 nitrogen and oxygen atoms in total. The molecule has 1 aromatic carbocycles. The first-order chi connectivity index (χ1) is 6.66. The van der Waals surface area contributed by atoms with Gasteiger partial charge in [-0.05, 0) is 37.3 Å². The number of anilines is 1. The third-order valence-corrected chi connectivity index (χ3v) is 2.12. The van der Waals surface area contributed by atoms with Crippen LogP contribution in [0.3, 0.4) is 0 Å². The smallest absolute Gasteiger partial charge is 0.134 e. The second kappa shape index (κ2) is 3.18. The van der Waals surface area contributed by atoms with E-state index in [9.17, 15) is 4.39 Å². The third kappa shape index (κ3) is 1.48. The number of aryl methyl sites for hydroxylation is 1. The fourth-order valence-corrected chi connectivity index (χ4v) is 1.41. The lowest BCUT2D eigenvalue weighted by Crippen LogP contribution is -1.89. The van der Waals surface area contributed by atoms with E-state index in [4.69, 9.17) is 5.73 Å². The van der Waals surface area contributed by atoms with Crippen LogP contribution in [0.1, 0.15) is 5.69 Å². The van der Waals surface area contributed by atoms with Crippen molar-refractivity contribution in [1.82, 2.24) is 4.98 Å². The lowest BCUT2D eigenvalue weighted by molar-refractivity contribution is 0.631. The largest absolute Gasteiger partial charge is 0.399 e. The van der Waals surface area contributed by atoms with Crippen molar-refractivity contribution in [2.75, 3.05) is 5.73 Å². The molecular weight excluding hydrogens is 179 g/mol. The van der Waals surface area contributed by atoms with Crippen LogP contribution in [-0.2, 0) is 0 Å². The molecule has 2 aromatic rings. The van der Waals surface area contributed by atoms with Crippen LogP contribution in [0, 0.1) is 12.7 Å². The van der Waals surface area contributed by atoms with Crippen molar-refractivity contribution in [1.29, 1.82) is 0 Å². The molecule has 0 radical (unpaired) electrons. The number of nitrogens with two attached hydrogens (primary N) is 1. The first-order valence-electron chi connectivity index (χ1n) is 4.38. The van der Waals surface area contributed by atoms with Crippen LogP contribution in [0.25, 0.3) is 11.3 Å². The lowest BCUT2D eigenvalue weighted by Gasteiger charge is -2.01. The number of hydrogen-bond donors (Lipinski definition) is 2. The topological polar surface area (TPSA) is 41.8 Å². The first kappa shape index (κ1) is 8.81. The molecule has 0 aliphatic heterocycles. The molecule has 1 heterocycles. The van der Waals surface area contributed by atoms with Crippen LogP contribution in [0.2, 0.25) is 0 Å². The molecule has 0 fully saturated rings. The van der Waals surface area contributed by atoms with Crippen molar-refractivity contribution in [2.45, 2.75) is 6.92 Å². The standard InChI is InChI=1S/C11H11FN2/c1-7-2-5-11(14-7)9-4-3-8(13)6-10(9)12/h2-6,14H,13H2,1H3. The highest BCUT2D eigenvalue weighted by Gasteiger charge is 2.05. The van der Waals surface area contributed by atoms with Crippen LogP contribution in [0.4, 0.5) is 10.1 Å². The summed E-state index contributed by atoms with van der Waals surface area (Å²) in [4.78, 5) is 3.07. The molecule has 3 N–H and O–H groups in total. The number of H-pyrrole nitrogens is 1. The van der Waals surface area contributed by atoms with E-state index in [1.54, 1.807) is 12.1 Å². The van der Waals surface area contributed by atoms with Gasteiger partial charge >= 0.3 is 0 Å². The van der Waals surface area contributed by atoms with E-state index >= 15 is 0 Å². The van der Waals surface area contributed by atoms with Crippen molar-refractivity contribution < 1.29 is 4.39 Å². The highest BCUT2D eigenvalue weighted by molar-refractivity contribution is 5.63. The highest BCUT2D eigenvalue weighted by Crippen LogP contribution is 2.23. The van der Waals surface area contributed by atoms with E-state index < -0.39 is 0 Å². The molecule has 2 rings (SSSR count). The van der Waals surface area contributed by atoms with Crippen LogP contribution < -0.4 is 5.73 Å². The average Bonchev–Trinajstić information content (AvgIpc) is 2.51. The first-order valence-corrected chi connectivity index (χ1v) is 4.38. The maximum atomic E-state index is 13.4. The molecule has 3 heteroatoms. The monoisotopic (exact) mass is 190 g/mol. The fraction of sp³-hybridized carbons (Fsp3) is 0.0909. The summed E-state index contributed by atoms with van der Waals surface area (Å²) < 4.78 is 13.4. The molecule has 0 saturated heterocycles. The predicted molar refractivity (Wildman–Crippen MR) is 55.3 cm³/mol.